The van der Waals surface area contributed by atoms with Crippen molar-refractivity contribution in [3.63, 3.8) is 0 Å². The van der Waals surface area contributed by atoms with Crippen molar-refractivity contribution in [2.24, 2.45) is 5.92 Å². The molecule has 0 heterocycles. The summed E-state index contributed by atoms with van der Waals surface area (Å²) in [5, 5.41) is 0. The van der Waals surface area contributed by atoms with Crippen molar-refractivity contribution >= 4 is 5.78 Å². The number of hydrogen-bond acceptors (Lipinski definition) is 3. The summed E-state index contributed by atoms with van der Waals surface area (Å²) < 4.78 is 5.19. The average molecular weight is 309 g/mol. The van der Waals surface area contributed by atoms with E-state index in [1.165, 1.54) is 5.56 Å². The smallest absolute Gasteiger partial charge is 0.171 e. The number of carbonyl (C=O) groups excluding carboxylic acids is 1. The third kappa shape index (κ3) is 4.80. The second-order valence-corrected chi connectivity index (χ2v) is 5.62. The highest BCUT2D eigenvalue weighted by Crippen LogP contribution is 2.18. The molecule has 3 heteroatoms. The quantitative estimate of drug-likeness (QED) is 0.548. The molecule has 0 saturated carbocycles. The molecule has 2 rings (SSSR count). The predicted octanol–water partition coefficient (Wildman–Crippen LogP) is 3.81. The molecular weight excluding hydrogens is 286 g/mol. The Morgan fingerprint density at radius 1 is 1.22 bits per heavy atom. The van der Waals surface area contributed by atoms with Crippen LogP contribution in [0.2, 0.25) is 0 Å². The fourth-order valence-electron chi connectivity index (χ4n) is 2.55. The molecule has 0 N–H and O–H groups in total. The molecule has 0 aromatic heterocycles. The van der Waals surface area contributed by atoms with Crippen LogP contribution >= 0.6 is 0 Å². The monoisotopic (exact) mass is 309 g/mol. The Bertz CT molecular complexity index is 652. The number of carbonyl (C=O) groups is 1. The number of nitrogens with zero attached hydrogens (tertiary/aromatic N) is 1. The maximum atomic E-state index is 12.7. The van der Waals surface area contributed by atoms with Gasteiger partial charge in [0.1, 0.15) is 5.75 Å². The number of benzene rings is 2. The van der Waals surface area contributed by atoms with Crippen LogP contribution in [0.4, 0.5) is 0 Å². The third-order valence-corrected chi connectivity index (χ3v) is 3.78. The summed E-state index contributed by atoms with van der Waals surface area (Å²) in [5.74, 6) is 0.519. The van der Waals surface area contributed by atoms with Gasteiger partial charge in [0, 0.05) is 18.7 Å². The van der Waals surface area contributed by atoms with E-state index in [2.05, 4.69) is 23.6 Å². The zero-order valence-corrected chi connectivity index (χ0v) is 13.7. The fraction of sp³-hybridized carbons (Fsp3) is 0.250. The summed E-state index contributed by atoms with van der Waals surface area (Å²) in [4.78, 5) is 14.8. The number of hydrogen-bond donors (Lipinski definition) is 0. The molecule has 0 aliphatic heterocycles. The lowest BCUT2D eigenvalue weighted by Crippen LogP contribution is -2.29. The van der Waals surface area contributed by atoms with Gasteiger partial charge in [0.2, 0.25) is 0 Å². The van der Waals surface area contributed by atoms with Crippen LogP contribution in [0.5, 0.6) is 5.75 Å². The summed E-state index contributed by atoms with van der Waals surface area (Å²) in [6, 6.07) is 17.5. The number of ketones is 1. The van der Waals surface area contributed by atoms with E-state index in [1.807, 2.05) is 43.4 Å². The van der Waals surface area contributed by atoms with Crippen molar-refractivity contribution in [2.45, 2.75) is 6.54 Å². The fourth-order valence-corrected chi connectivity index (χ4v) is 2.55. The van der Waals surface area contributed by atoms with Crippen molar-refractivity contribution < 1.29 is 9.53 Å². The highest BCUT2D eigenvalue weighted by atomic mass is 16.5. The molecule has 1 atom stereocenters. The van der Waals surface area contributed by atoms with Gasteiger partial charge in [-0.3, -0.25) is 4.79 Å². The van der Waals surface area contributed by atoms with Gasteiger partial charge in [0.15, 0.2) is 5.78 Å². The molecule has 0 aliphatic rings. The van der Waals surface area contributed by atoms with Crippen molar-refractivity contribution in [2.75, 3.05) is 20.7 Å². The van der Waals surface area contributed by atoms with Crippen LogP contribution in [-0.4, -0.2) is 31.4 Å². The molecule has 23 heavy (non-hydrogen) atoms. The lowest BCUT2D eigenvalue weighted by atomic mass is 9.97. The first-order valence-electron chi connectivity index (χ1n) is 7.67. The Labute approximate surface area is 138 Å². The summed E-state index contributed by atoms with van der Waals surface area (Å²) >= 11 is 0. The molecule has 1 unspecified atom stereocenters. The number of ether oxygens (including phenoxy) is 1. The molecule has 0 fully saturated rings. The van der Waals surface area contributed by atoms with Crippen LogP contribution in [0.25, 0.3) is 0 Å². The molecule has 0 radical (unpaired) electrons. The van der Waals surface area contributed by atoms with E-state index in [-0.39, 0.29) is 11.7 Å². The third-order valence-electron chi connectivity index (χ3n) is 3.78. The topological polar surface area (TPSA) is 29.5 Å². The first-order valence-corrected chi connectivity index (χ1v) is 7.67. The van der Waals surface area contributed by atoms with Gasteiger partial charge in [0.05, 0.1) is 13.0 Å². The molecule has 120 valence electrons. The minimum atomic E-state index is -0.240. The number of rotatable bonds is 8. The zero-order chi connectivity index (χ0) is 16.7. The standard InChI is InChI=1S/C20H23NO2/c1-4-17(15-21(2)14-16-9-6-5-7-10-16)20(22)18-11-8-12-19(13-18)23-3/h4-13,17H,1,14-15H2,2-3H3. The number of Topliss-reactive ketones (excluding diaryl/α,β-unsaturated/α-hetero) is 1. The highest BCUT2D eigenvalue weighted by molar-refractivity contribution is 5.99. The molecule has 0 saturated heterocycles. The van der Waals surface area contributed by atoms with Crippen LogP contribution in [0, 0.1) is 5.92 Å². The first kappa shape index (κ1) is 17.0. The van der Waals surface area contributed by atoms with E-state index in [0.29, 0.717) is 17.9 Å². The summed E-state index contributed by atoms with van der Waals surface area (Å²) in [6.45, 7) is 5.27. The van der Waals surface area contributed by atoms with E-state index in [0.717, 1.165) is 6.54 Å². The Hall–Kier alpha value is -2.39. The highest BCUT2D eigenvalue weighted by Gasteiger charge is 2.19. The van der Waals surface area contributed by atoms with Crippen LogP contribution in [-0.2, 0) is 6.54 Å². The molecule has 2 aromatic carbocycles. The molecule has 3 nitrogen and oxygen atoms in total. The van der Waals surface area contributed by atoms with Crippen molar-refractivity contribution in [3.8, 4) is 5.75 Å². The van der Waals surface area contributed by atoms with Gasteiger partial charge in [-0.25, -0.2) is 0 Å². The lowest BCUT2D eigenvalue weighted by Gasteiger charge is -2.21. The van der Waals surface area contributed by atoms with E-state index >= 15 is 0 Å². The van der Waals surface area contributed by atoms with Gasteiger partial charge in [0.25, 0.3) is 0 Å². The van der Waals surface area contributed by atoms with Crippen LogP contribution in [0.3, 0.4) is 0 Å². The Balaban J connectivity index is 2.03. The summed E-state index contributed by atoms with van der Waals surface area (Å²) in [5.41, 5.74) is 1.88. The van der Waals surface area contributed by atoms with Crippen molar-refractivity contribution in [1.29, 1.82) is 0 Å². The Morgan fingerprint density at radius 3 is 2.61 bits per heavy atom. The zero-order valence-electron chi connectivity index (χ0n) is 13.7. The van der Waals surface area contributed by atoms with Gasteiger partial charge in [-0.15, -0.1) is 6.58 Å². The molecular formula is C20H23NO2. The summed E-state index contributed by atoms with van der Waals surface area (Å²) in [6.07, 6.45) is 1.73. The van der Waals surface area contributed by atoms with Gasteiger partial charge in [-0.1, -0.05) is 48.5 Å². The minimum absolute atomic E-state index is 0.0683. The van der Waals surface area contributed by atoms with Gasteiger partial charge >= 0.3 is 0 Å². The van der Waals surface area contributed by atoms with Crippen LogP contribution in [0.15, 0.2) is 67.3 Å². The minimum Gasteiger partial charge on any atom is -0.497 e. The molecule has 2 aromatic rings. The normalized spacial score (nSPS) is 12.0. The average Bonchev–Trinajstić information content (AvgIpc) is 2.60. The van der Waals surface area contributed by atoms with Crippen LogP contribution < -0.4 is 4.74 Å². The van der Waals surface area contributed by atoms with Crippen LogP contribution in [0.1, 0.15) is 15.9 Å². The van der Waals surface area contributed by atoms with Gasteiger partial charge < -0.3 is 9.64 Å². The maximum Gasteiger partial charge on any atom is 0.171 e. The molecule has 0 spiro atoms. The summed E-state index contributed by atoms with van der Waals surface area (Å²) in [7, 11) is 3.62. The van der Waals surface area contributed by atoms with Crippen molar-refractivity contribution in [3.05, 3.63) is 78.4 Å². The Kier molecular flexibility index (Phi) is 6.12. The second kappa shape index (κ2) is 8.30. The first-order chi connectivity index (χ1) is 11.1. The van der Waals surface area contributed by atoms with E-state index in [1.54, 1.807) is 19.3 Å². The number of methoxy groups -OCH3 is 1. The van der Waals surface area contributed by atoms with Crippen molar-refractivity contribution in [1.82, 2.24) is 4.90 Å². The van der Waals surface area contributed by atoms with Gasteiger partial charge in [-0.05, 0) is 24.7 Å². The van der Waals surface area contributed by atoms with E-state index in [4.69, 9.17) is 4.74 Å². The lowest BCUT2D eigenvalue weighted by molar-refractivity contribution is 0.0920. The largest absolute Gasteiger partial charge is 0.497 e. The molecule has 0 bridgehead atoms. The Morgan fingerprint density at radius 2 is 1.96 bits per heavy atom. The SMILES string of the molecule is C=CC(CN(C)Cc1ccccc1)C(=O)c1cccc(OC)c1. The predicted molar refractivity (Wildman–Crippen MR) is 93.8 cm³/mol. The van der Waals surface area contributed by atoms with Gasteiger partial charge in [-0.2, -0.15) is 0 Å². The van der Waals surface area contributed by atoms with E-state index < -0.39 is 0 Å². The maximum absolute atomic E-state index is 12.7. The molecule has 0 amide bonds. The molecule has 0 aliphatic carbocycles. The second-order valence-electron chi connectivity index (χ2n) is 5.62. The van der Waals surface area contributed by atoms with E-state index in [9.17, 15) is 4.79 Å².